The van der Waals surface area contributed by atoms with Gasteiger partial charge >= 0.3 is 0 Å². The number of nitrogens with one attached hydrogen (secondary N) is 1. The molecule has 0 radical (unpaired) electrons. The van der Waals surface area contributed by atoms with Crippen LogP contribution in [0.2, 0.25) is 0 Å². The molecule has 1 aromatic carbocycles. The molecule has 0 saturated carbocycles. The third-order valence-corrected chi connectivity index (χ3v) is 3.94. The van der Waals surface area contributed by atoms with Gasteiger partial charge in [-0.3, -0.25) is 9.69 Å². The molecule has 1 aliphatic heterocycles. The van der Waals surface area contributed by atoms with Gasteiger partial charge in [0.25, 0.3) is 0 Å². The van der Waals surface area contributed by atoms with Crippen LogP contribution in [0.1, 0.15) is 12.0 Å². The molecule has 1 heterocycles. The van der Waals surface area contributed by atoms with E-state index < -0.39 is 0 Å². The lowest BCUT2D eigenvalue weighted by Gasteiger charge is -2.32. The Bertz CT molecular complexity index is 455. The van der Waals surface area contributed by atoms with Gasteiger partial charge in [0, 0.05) is 51.4 Å². The molecular formula is C16H26N4O. The second-order valence-electron chi connectivity index (χ2n) is 5.74. The van der Waals surface area contributed by atoms with Gasteiger partial charge in [-0.1, -0.05) is 12.1 Å². The van der Waals surface area contributed by atoms with Crippen LogP contribution in [0.5, 0.6) is 0 Å². The van der Waals surface area contributed by atoms with E-state index in [0.29, 0.717) is 6.42 Å². The topological polar surface area (TPSA) is 61.6 Å². The van der Waals surface area contributed by atoms with Crippen molar-refractivity contribution in [1.29, 1.82) is 0 Å². The molecule has 1 aromatic rings. The third-order valence-electron chi connectivity index (χ3n) is 3.94. The Kier molecular flexibility index (Phi) is 6.02. The molecule has 1 aliphatic rings. The first kappa shape index (κ1) is 15.8. The molecule has 1 fully saturated rings. The molecular weight excluding hydrogens is 264 g/mol. The smallest absolute Gasteiger partial charge is 0.220 e. The summed E-state index contributed by atoms with van der Waals surface area (Å²) in [6, 6.07) is 7.72. The van der Waals surface area contributed by atoms with E-state index in [0.717, 1.165) is 56.9 Å². The maximum Gasteiger partial charge on any atom is 0.220 e. The first-order chi connectivity index (χ1) is 10.1. The molecule has 0 aliphatic carbocycles. The lowest BCUT2D eigenvalue weighted by molar-refractivity contribution is -0.121. The first-order valence-corrected chi connectivity index (χ1v) is 7.65. The van der Waals surface area contributed by atoms with Crippen LogP contribution in [0.3, 0.4) is 0 Å². The van der Waals surface area contributed by atoms with Crippen molar-refractivity contribution in [2.24, 2.45) is 0 Å². The van der Waals surface area contributed by atoms with Gasteiger partial charge in [0.05, 0.1) is 0 Å². The number of carbonyl (C=O) groups excluding carboxylic acids is 1. The van der Waals surface area contributed by atoms with Crippen molar-refractivity contribution in [2.45, 2.75) is 12.8 Å². The van der Waals surface area contributed by atoms with Crippen molar-refractivity contribution in [1.82, 2.24) is 15.1 Å². The Morgan fingerprint density at radius 1 is 1.29 bits per heavy atom. The standard InChI is InChI=1S/C16H26N4O/c1-19-9-11-20(12-10-19)8-7-18-16(21)6-5-14-3-2-4-15(17)13-14/h2-4,13H,5-12,17H2,1H3,(H,18,21). The normalized spacial score (nSPS) is 16.8. The summed E-state index contributed by atoms with van der Waals surface area (Å²) < 4.78 is 0. The van der Waals surface area contributed by atoms with Crippen LogP contribution < -0.4 is 11.1 Å². The number of nitrogen functional groups attached to an aromatic ring is 1. The monoisotopic (exact) mass is 290 g/mol. The number of hydrogen-bond acceptors (Lipinski definition) is 4. The summed E-state index contributed by atoms with van der Waals surface area (Å²) in [5, 5.41) is 3.00. The predicted molar refractivity (Wildman–Crippen MR) is 86.1 cm³/mol. The average molecular weight is 290 g/mol. The minimum atomic E-state index is 0.117. The molecule has 1 saturated heterocycles. The zero-order valence-corrected chi connectivity index (χ0v) is 12.8. The van der Waals surface area contributed by atoms with E-state index in [1.54, 1.807) is 0 Å². The van der Waals surface area contributed by atoms with E-state index in [2.05, 4.69) is 22.2 Å². The van der Waals surface area contributed by atoms with Crippen LogP contribution in [-0.4, -0.2) is 62.0 Å². The van der Waals surface area contributed by atoms with E-state index in [1.165, 1.54) is 0 Å². The van der Waals surface area contributed by atoms with Gasteiger partial charge in [-0.25, -0.2) is 0 Å². The maximum atomic E-state index is 11.8. The zero-order chi connectivity index (χ0) is 15.1. The molecule has 0 spiro atoms. The van der Waals surface area contributed by atoms with Gasteiger partial charge in [0.1, 0.15) is 0 Å². The highest BCUT2D eigenvalue weighted by atomic mass is 16.1. The minimum absolute atomic E-state index is 0.117. The number of piperazine rings is 1. The number of benzene rings is 1. The van der Waals surface area contributed by atoms with Crippen LogP contribution in [0.4, 0.5) is 5.69 Å². The lowest BCUT2D eigenvalue weighted by Crippen LogP contribution is -2.46. The van der Waals surface area contributed by atoms with Gasteiger partial charge in [0.2, 0.25) is 5.91 Å². The molecule has 116 valence electrons. The molecule has 1 amide bonds. The largest absolute Gasteiger partial charge is 0.399 e. The van der Waals surface area contributed by atoms with Gasteiger partial charge in [-0.2, -0.15) is 0 Å². The highest BCUT2D eigenvalue weighted by Gasteiger charge is 2.13. The van der Waals surface area contributed by atoms with Crippen LogP contribution in [0.25, 0.3) is 0 Å². The predicted octanol–water partition coefficient (Wildman–Crippen LogP) is 0.565. The Morgan fingerprint density at radius 2 is 2.05 bits per heavy atom. The summed E-state index contributed by atoms with van der Waals surface area (Å²) in [5.74, 6) is 0.117. The molecule has 5 nitrogen and oxygen atoms in total. The quantitative estimate of drug-likeness (QED) is 0.752. The maximum absolute atomic E-state index is 11.8. The van der Waals surface area contributed by atoms with Gasteiger partial charge in [-0.15, -0.1) is 0 Å². The molecule has 0 atom stereocenters. The summed E-state index contributed by atoms with van der Waals surface area (Å²) in [6.07, 6.45) is 1.26. The van der Waals surface area contributed by atoms with Crippen molar-refractivity contribution in [3.63, 3.8) is 0 Å². The van der Waals surface area contributed by atoms with Crippen LogP contribution in [0, 0.1) is 0 Å². The van der Waals surface area contributed by atoms with E-state index >= 15 is 0 Å². The van der Waals surface area contributed by atoms with Gasteiger partial charge in [-0.05, 0) is 31.2 Å². The highest BCUT2D eigenvalue weighted by molar-refractivity contribution is 5.76. The second-order valence-corrected chi connectivity index (χ2v) is 5.74. The fraction of sp³-hybridized carbons (Fsp3) is 0.562. The molecule has 5 heteroatoms. The Labute approximate surface area is 127 Å². The number of likely N-dealkylation sites (N-methyl/N-ethyl adjacent to an activating group) is 1. The first-order valence-electron chi connectivity index (χ1n) is 7.65. The number of nitrogens with two attached hydrogens (primary N) is 1. The molecule has 0 aromatic heterocycles. The lowest BCUT2D eigenvalue weighted by atomic mass is 10.1. The Morgan fingerprint density at radius 3 is 2.76 bits per heavy atom. The summed E-state index contributed by atoms with van der Waals surface area (Å²) in [5.41, 5.74) is 7.60. The number of amides is 1. The number of anilines is 1. The number of rotatable bonds is 6. The summed E-state index contributed by atoms with van der Waals surface area (Å²) >= 11 is 0. The molecule has 0 bridgehead atoms. The zero-order valence-electron chi connectivity index (χ0n) is 12.8. The SMILES string of the molecule is CN1CCN(CCNC(=O)CCc2cccc(N)c2)CC1. The fourth-order valence-electron chi connectivity index (χ4n) is 2.52. The molecule has 21 heavy (non-hydrogen) atoms. The number of nitrogens with zero attached hydrogens (tertiary/aromatic N) is 2. The van der Waals surface area contributed by atoms with Crippen LogP contribution in [0.15, 0.2) is 24.3 Å². The average Bonchev–Trinajstić information content (AvgIpc) is 2.47. The summed E-state index contributed by atoms with van der Waals surface area (Å²) in [6.45, 7) is 6.09. The van der Waals surface area contributed by atoms with Crippen LogP contribution in [-0.2, 0) is 11.2 Å². The van der Waals surface area contributed by atoms with Crippen molar-refractivity contribution in [3.8, 4) is 0 Å². The van der Waals surface area contributed by atoms with E-state index in [9.17, 15) is 4.79 Å². The van der Waals surface area contributed by atoms with Gasteiger partial charge in [0.15, 0.2) is 0 Å². The summed E-state index contributed by atoms with van der Waals surface area (Å²) in [4.78, 5) is 16.6. The van der Waals surface area contributed by atoms with Gasteiger partial charge < -0.3 is 16.0 Å². The number of aryl methyl sites for hydroxylation is 1. The third kappa shape index (κ3) is 5.73. The molecule has 2 rings (SSSR count). The van der Waals surface area contributed by atoms with Crippen LogP contribution >= 0.6 is 0 Å². The Balaban J connectivity index is 1.59. The minimum Gasteiger partial charge on any atom is -0.399 e. The van der Waals surface area contributed by atoms with E-state index in [1.807, 2.05) is 24.3 Å². The second kappa shape index (κ2) is 8.00. The van der Waals surface area contributed by atoms with E-state index in [-0.39, 0.29) is 5.91 Å². The van der Waals surface area contributed by atoms with Crippen molar-refractivity contribution < 1.29 is 4.79 Å². The molecule has 0 unspecified atom stereocenters. The van der Waals surface area contributed by atoms with E-state index in [4.69, 9.17) is 5.73 Å². The van der Waals surface area contributed by atoms with Crippen molar-refractivity contribution >= 4 is 11.6 Å². The van der Waals surface area contributed by atoms with Crippen molar-refractivity contribution in [2.75, 3.05) is 52.0 Å². The highest BCUT2D eigenvalue weighted by Crippen LogP contribution is 2.08. The van der Waals surface area contributed by atoms with Crippen molar-refractivity contribution in [3.05, 3.63) is 29.8 Å². The summed E-state index contributed by atoms with van der Waals surface area (Å²) in [7, 11) is 2.15. The Hall–Kier alpha value is -1.59. The number of carbonyl (C=O) groups is 1. The fourth-order valence-corrected chi connectivity index (χ4v) is 2.52. The molecule has 3 N–H and O–H groups in total. The number of hydrogen-bond donors (Lipinski definition) is 2.